The number of hydrogen-bond acceptors (Lipinski definition) is 3. The fraction of sp³-hybridized carbons (Fsp3) is 1.00. The van der Waals surface area contributed by atoms with E-state index in [9.17, 15) is 13.5 Å². The summed E-state index contributed by atoms with van der Waals surface area (Å²) >= 11 is 5.35. The summed E-state index contributed by atoms with van der Waals surface area (Å²) in [4.78, 5) is 0. The van der Waals surface area contributed by atoms with Gasteiger partial charge < -0.3 is 5.11 Å². The largest absolute Gasteiger partial charge is 0.393 e. The average molecular weight is 242 g/mol. The Kier molecular flexibility index (Phi) is 4.18. The minimum absolute atomic E-state index is 0.219. The van der Waals surface area contributed by atoms with Crippen molar-refractivity contribution < 1.29 is 13.5 Å². The highest BCUT2D eigenvalue weighted by Crippen LogP contribution is 2.22. The Balaban J connectivity index is 2.52. The fourth-order valence-corrected chi connectivity index (χ4v) is 3.02. The zero-order valence-electron chi connectivity index (χ0n) is 8.19. The van der Waals surface area contributed by atoms with Gasteiger partial charge >= 0.3 is 0 Å². The first-order valence-corrected chi connectivity index (χ1v) is 6.83. The van der Waals surface area contributed by atoms with E-state index in [1.807, 2.05) is 0 Å². The summed E-state index contributed by atoms with van der Waals surface area (Å²) in [6.07, 6.45) is 1.08. The van der Waals surface area contributed by atoms with E-state index >= 15 is 0 Å². The summed E-state index contributed by atoms with van der Waals surface area (Å²) in [6.45, 7) is 2.70. The lowest BCUT2D eigenvalue weighted by molar-refractivity contribution is 0.0913. The second-order valence-electron chi connectivity index (χ2n) is 3.70. The molecule has 0 aromatic carbocycles. The lowest BCUT2D eigenvalue weighted by Crippen LogP contribution is -2.41. The van der Waals surface area contributed by atoms with Gasteiger partial charge in [0.2, 0.25) is 10.0 Å². The van der Waals surface area contributed by atoms with Crippen LogP contribution >= 0.6 is 11.6 Å². The predicted molar refractivity (Wildman–Crippen MR) is 55.6 cm³/mol. The van der Waals surface area contributed by atoms with Crippen LogP contribution in [0.4, 0.5) is 0 Å². The van der Waals surface area contributed by atoms with Crippen LogP contribution in [0.25, 0.3) is 0 Å². The Bertz CT molecular complexity index is 270. The van der Waals surface area contributed by atoms with Gasteiger partial charge in [0.05, 0.1) is 6.10 Å². The van der Waals surface area contributed by atoms with E-state index in [0.29, 0.717) is 25.9 Å². The van der Waals surface area contributed by atoms with Crippen LogP contribution in [0, 0.1) is 5.92 Å². The zero-order valence-corrected chi connectivity index (χ0v) is 9.76. The number of aliphatic hydroxyl groups excluding tert-OH is 1. The first kappa shape index (κ1) is 12.2. The smallest absolute Gasteiger partial charge is 0.228 e. The highest BCUT2D eigenvalue weighted by molar-refractivity contribution is 7.90. The monoisotopic (exact) mass is 241 g/mol. The van der Waals surface area contributed by atoms with E-state index in [4.69, 9.17) is 11.6 Å². The number of sulfonamides is 1. The number of hydrogen-bond donors (Lipinski definition) is 1. The molecule has 0 amide bonds. The van der Waals surface area contributed by atoms with Crippen molar-refractivity contribution in [3.05, 3.63) is 0 Å². The van der Waals surface area contributed by atoms with E-state index in [1.54, 1.807) is 6.92 Å². The van der Waals surface area contributed by atoms with Crippen LogP contribution in [-0.4, -0.2) is 42.2 Å². The third-order valence-electron chi connectivity index (χ3n) is 2.71. The van der Waals surface area contributed by atoms with E-state index in [-0.39, 0.29) is 17.2 Å². The molecule has 14 heavy (non-hydrogen) atoms. The third kappa shape index (κ3) is 2.82. The van der Waals surface area contributed by atoms with Gasteiger partial charge in [0, 0.05) is 13.1 Å². The summed E-state index contributed by atoms with van der Waals surface area (Å²) in [5.41, 5.74) is 0. The predicted octanol–water partition coefficient (Wildman–Crippen LogP) is 0.605. The molecule has 1 aliphatic rings. The number of alkyl halides is 1. The van der Waals surface area contributed by atoms with Crippen molar-refractivity contribution in [2.75, 3.05) is 18.3 Å². The molecule has 0 bridgehead atoms. The summed E-state index contributed by atoms with van der Waals surface area (Å²) in [5, 5.41) is 8.97. The van der Waals surface area contributed by atoms with Crippen LogP contribution < -0.4 is 0 Å². The number of rotatable bonds is 3. The van der Waals surface area contributed by atoms with Gasteiger partial charge in [-0.05, 0) is 25.7 Å². The maximum Gasteiger partial charge on any atom is 0.228 e. The molecule has 1 heterocycles. The van der Waals surface area contributed by atoms with Gasteiger partial charge in [-0.1, -0.05) is 0 Å². The van der Waals surface area contributed by atoms with Gasteiger partial charge in [-0.25, -0.2) is 12.7 Å². The Morgan fingerprint density at radius 1 is 1.50 bits per heavy atom. The molecule has 0 spiro atoms. The molecule has 4 nitrogen and oxygen atoms in total. The van der Waals surface area contributed by atoms with Crippen molar-refractivity contribution in [3.63, 3.8) is 0 Å². The van der Waals surface area contributed by atoms with Gasteiger partial charge in [-0.15, -0.1) is 11.6 Å². The third-order valence-corrected chi connectivity index (χ3v) is 4.97. The molecule has 1 unspecified atom stereocenters. The molecule has 1 atom stereocenters. The molecule has 0 aromatic heterocycles. The zero-order chi connectivity index (χ0) is 10.8. The Morgan fingerprint density at radius 3 is 2.36 bits per heavy atom. The van der Waals surface area contributed by atoms with Gasteiger partial charge in [0.25, 0.3) is 0 Å². The van der Waals surface area contributed by atoms with Crippen LogP contribution in [0.5, 0.6) is 0 Å². The van der Waals surface area contributed by atoms with Crippen LogP contribution in [0.3, 0.4) is 0 Å². The molecular formula is C8H16ClNO3S. The van der Waals surface area contributed by atoms with Crippen molar-refractivity contribution in [3.8, 4) is 0 Å². The highest BCUT2D eigenvalue weighted by atomic mass is 35.5. The summed E-state index contributed by atoms with van der Waals surface area (Å²) in [6, 6.07) is 0. The molecule has 1 fully saturated rings. The average Bonchev–Trinajstić information content (AvgIpc) is 2.18. The van der Waals surface area contributed by atoms with Crippen molar-refractivity contribution in [1.29, 1.82) is 0 Å². The van der Waals surface area contributed by atoms with E-state index in [1.165, 1.54) is 4.31 Å². The number of nitrogens with zero attached hydrogens (tertiary/aromatic N) is 1. The van der Waals surface area contributed by atoms with Crippen LogP contribution in [0.15, 0.2) is 0 Å². The normalized spacial score (nSPS) is 23.6. The molecule has 0 aliphatic carbocycles. The van der Waals surface area contributed by atoms with E-state index < -0.39 is 10.0 Å². The van der Waals surface area contributed by atoms with Crippen LogP contribution in [0.1, 0.15) is 19.8 Å². The summed E-state index contributed by atoms with van der Waals surface area (Å²) in [5.74, 6) is 0.219. The van der Waals surface area contributed by atoms with Crippen LogP contribution in [-0.2, 0) is 10.0 Å². The Morgan fingerprint density at radius 2 is 2.00 bits per heavy atom. The Labute approximate surface area is 89.9 Å². The van der Waals surface area contributed by atoms with Crippen LogP contribution in [0.2, 0.25) is 0 Å². The minimum Gasteiger partial charge on any atom is -0.393 e. The van der Waals surface area contributed by atoms with Gasteiger partial charge in [0.15, 0.2) is 0 Å². The molecule has 1 rings (SSSR count). The lowest BCUT2D eigenvalue weighted by Gasteiger charge is -2.31. The standard InChI is InChI=1S/C8H16ClNO3S/c1-7(11)8-2-4-10(5-3-8)14(12,13)6-9/h7-8,11H,2-6H2,1H3. The van der Waals surface area contributed by atoms with E-state index in [2.05, 4.69) is 0 Å². The second-order valence-corrected chi connectivity index (χ2v) is 6.25. The molecular weight excluding hydrogens is 226 g/mol. The number of piperidine rings is 1. The van der Waals surface area contributed by atoms with Gasteiger partial charge in [-0.3, -0.25) is 0 Å². The lowest BCUT2D eigenvalue weighted by atomic mass is 9.93. The van der Waals surface area contributed by atoms with Crippen molar-refractivity contribution >= 4 is 21.6 Å². The maximum absolute atomic E-state index is 11.4. The van der Waals surface area contributed by atoms with E-state index in [0.717, 1.165) is 0 Å². The topological polar surface area (TPSA) is 57.6 Å². The van der Waals surface area contributed by atoms with Crippen molar-refractivity contribution in [2.45, 2.75) is 25.9 Å². The number of halogens is 1. The molecule has 0 aromatic rings. The van der Waals surface area contributed by atoms with Crippen molar-refractivity contribution in [2.24, 2.45) is 5.92 Å². The molecule has 0 saturated carbocycles. The maximum atomic E-state index is 11.4. The fourth-order valence-electron chi connectivity index (χ4n) is 1.71. The molecule has 1 saturated heterocycles. The quantitative estimate of drug-likeness (QED) is 0.737. The minimum atomic E-state index is -3.25. The SMILES string of the molecule is CC(O)C1CCN(S(=O)(=O)CCl)CC1. The first-order chi connectivity index (χ1) is 6.47. The van der Waals surface area contributed by atoms with Crippen molar-refractivity contribution in [1.82, 2.24) is 4.31 Å². The molecule has 84 valence electrons. The molecule has 1 N–H and O–H groups in total. The second kappa shape index (κ2) is 4.79. The highest BCUT2D eigenvalue weighted by Gasteiger charge is 2.28. The molecule has 6 heteroatoms. The first-order valence-electron chi connectivity index (χ1n) is 4.69. The molecule has 1 aliphatic heterocycles. The van der Waals surface area contributed by atoms with Gasteiger partial charge in [-0.2, -0.15) is 0 Å². The summed E-state index contributed by atoms with van der Waals surface area (Å²) in [7, 11) is -3.25. The Hall–Kier alpha value is 0.160. The number of aliphatic hydroxyl groups is 1. The molecule has 0 radical (unpaired) electrons. The van der Waals surface area contributed by atoms with Gasteiger partial charge in [0.1, 0.15) is 5.21 Å². The summed E-state index contributed by atoms with van der Waals surface area (Å²) < 4.78 is 24.1.